The molecule has 1 fully saturated rings. The number of rotatable bonds is 40. The van der Waals surface area contributed by atoms with E-state index in [1.165, 1.54) is 0 Å². The minimum atomic E-state index is -1.01. The van der Waals surface area contributed by atoms with Crippen LogP contribution in [0.1, 0.15) is 33.6 Å². The quantitative estimate of drug-likeness (QED) is 0.0569. The summed E-state index contributed by atoms with van der Waals surface area (Å²) in [6.45, 7) is 11.1. The minimum Gasteiger partial charge on any atom is -0.394 e. The zero-order chi connectivity index (χ0) is 42.0. The van der Waals surface area contributed by atoms with Gasteiger partial charge in [0.05, 0.1) is 176 Å². The largest absolute Gasteiger partial charge is 0.394 e. The first kappa shape index (κ1) is 50.1. The minimum absolute atomic E-state index is 0.0136. The zero-order valence-electron chi connectivity index (χ0n) is 34.0. The average molecular weight is 846 g/mol. The van der Waals surface area contributed by atoms with Gasteiger partial charge in [-0.25, -0.2) is 0 Å². The second-order valence-corrected chi connectivity index (χ2v) is 12.7. The van der Waals surface area contributed by atoms with Crippen molar-refractivity contribution in [3.63, 3.8) is 0 Å². The first-order valence-electron chi connectivity index (χ1n) is 20.2. The highest BCUT2D eigenvalue weighted by molar-refractivity contribution is 6.25. The smallest absolute Gasteiger partial charge is 0.264 e. The topological polar surface area (TPSA) is 227 Å². The summed E-state index contributed by atoms with van der Waals surface area (Å²) in [6.07, 6.45) is 0.164. The van der Waals surface area contributed by atoms with Gasteiger partial charge in [0.15, 0.2) is 0 Å². The van der Waals surface area contributed by atoms with Crippen molar-refractivity contribution in [3.8, 4) is 0 Å². The molecule has 1 saturated heterocycles. The molecule has 1 aromatic carbocycles. The molecule has 2 aliphatic heterocycles. The van der Waals surface area contributed by atoms with E-state index in [1.54, 1.807) is 18.2 Å². The first-order chi connectivity index (χ1) is 29.0. The number of aliphatic hydroxyl groups excluding tert-OH is 1. The molecule has 336 valence electrons. The van der Waals surface area contributed by atoms with Gasteiger partial charge in [-0.15, -0.1) is 0 Å². The number of amides is 4. The average Bonchev–Trinajstić information content (AvgIpc) is 3.49. The Kier molecular flexibility index (Phi) is 28.5. The summed E-state index contributed by atoms with van der Waals surface area (Å²) in [6, 6.07) is 3.89. The van der Waals surface area contributed by atoms with Crippen molar-refractivity contribution in [1.82, 2.24) is 10.2 Å². The molecule has 1 unspecified atom stereocenters. The van der Waals surface area contributed by atoms with Crippen LogP contribution in [0.25, 0.3) is 0 Å². The fourth-order valence-electron chi connectivity index (χ4n) is 5.51. The third-order valence-electron chi connectivity index (χ3n) is 8.36. The number of nitrogens with one attached hydrogen (secondary N) is 2. The molecule has 0 saturated carbocycles. The Morgan fingerprint density at radius 1 is 0.525 bits per heavy atom. The third kappa shape index (κ3) is 21.7. The maximum Gasteiger partial charge on any atom is 0.264 e. The number of fused-ring (bicyclic) bond motifs is 1. The Morgan fingerprint density at radius 3 is 1.27 bits per heavy atom. The molecule has 1 aromatic rings. The van der Waals surface area contributed by atoms with Gasteiger partial charge in [0.2, 0.25) is 11.8 Å². The highest BCUT2D eigenvalue weighted by Gasteiger charge is 2.45. The molecule has 4 amide bonds. The number of aliphatic hydroxyl groups is 1. The predicted molar refractivity (Wildman–Crippen MR) is 209 cm³/mol. The van der Waals surface area contributed by atoms with Crippen LogP contribution >= 0.6 is 0 Å². The summed E-state index contributed by atoms with van der Waals surface area (Å²) in [5, 5.41) is 13.9. The summed E-state index contributed by atoms with van der Waals surface area (Å²) in [7, 11) is 0. The number of imide groups is 2. The molecule has 2 heterocycles. The standard InChI is InChI=1S/C39H63N3O17/c43-7-9-49-11-13-51-15-17-53-19-21-55-23-25-57-27-29-59-31-30-58-28-26-56-24-22-54-20-18-52-16-14-50-12-10-48-8-6-40-33-3-1-2-32-36(33)39(47)42(38(32)46)34-4-5-35(44)41-37(34)45/h1-3,34,40,43H,4-31H2,(H,41,44,45). The van der Waals surface area contributed by atoms with E-state index >= 15 is 0 Å². The van der Waals surface area contributed by atoms with Crippen LogP contribution in [0, 0.1) is 0 Å². The summed E-state index contributed by atoms with van der Waals surface area (Å²) in [5.41, 5.74) is 0.898. The lowest BCUT2D eigenvalue weighted by molar-refractivity contribution is -0.136. The van der Waals surface area contributed by atoms with Crippen molar-refractivity contribution < 1.29 is 81.1 Å². The van der Waals surface area contributed by atoms with Crippen LogP contribution in [0.2, 0.25) is 0 Å². The molecule has 3 rings (SSSR count). The summed E-state index contributed by atoms with van der Waals surface area (Å²) < 4.78 is 65.3. The number of carbonyl (C=O) groups excluding carboxylic acids is 4. The SMILES string of the molecule is O=C1CCC(N2C(=O)c3cccc(NCCOCCOCCOCCOCCOCCOCCOCCOCCOCCOCCOCCOCCO)c3C2=O)C(=O)N1. The maximum atomic E-state index is 13.2. The van der Waals surface area contributed by atoms with Crippen LogP contribution in [0.5, 0.6) is 0 Å². The van der Waals surface area contributed by atoms with Crippen molar-refractivity contribution in [2.24, 2.45) is 0 Å². The van der Waals surface area contributed by atoms with Gasteiger partial charge >= 0.3 is 0 Å². The fourth-order valence-corrected chi connectivity index (χ4v) is 5.51. The van der Waals surface area contributed by atoms with Crippen LogP contribution in [0.3, 0.4) is 0 Å². The van der Waals surface area contributed by atoms with Gasteiger partial charge in [-0.05, 0) is 18.6 Å². The molecule has 20 heteroatoms. The number of benzene rings is 1. The van der Waals surface area contributed by atoms with Crippen molar-refractivity contribution >= 4 is 29.3 Å². The highest BCUT2D eigenvalue weighted by atomic mass is 16.6. The van der Waals surface area contributed by atoms with Crippen molar-refractivity contribution in [2.45, 2.75) is 18.9 Å². The van der Waals surface area contributed by atoms with Gasteiger partial charge in [0.25, 0.3) is 11.8 Å². The Morgan fingerprint density at radius 2 is 0.898 bits per heavy atom. The molecule has 0 aromatic heterocycles. The Bertz CT molecular complexity index is 1310. The first-order valence-corrected chi connectivity index (χ1v) is 20.2. The lowest BCUT2D eigenvalue weighted by atomic mass is 10.0. The van der Waals surface area contributed by atoms with Gasteiger partial charge in [0, 0.05) is 18.7 Å². The van der Waals surface area contributed by atoms with Crippen molar-refractivity contribution in [3.05, 3.63) is 29.3 Å². The number of hydrogen-bond donors (Lipinski definition) is 3. The van der Waals surface area contributed by atoms with Gasteiger partial charge in [-0.1, -0.05) is 6.07 Å². The molecule has 59 heavy (non-hydrogen) atoms. The number of ether oxygens (including phenoxy) is 12. The lowest BCUT2D eigenvalue weighted by Gasteiger charge is -2.27. The molecule has 0 aliphatic carbocycles. The van der Waals surface area contributed by atoms with Gasteiger partial charge in [-0.2, -0.15) is 0 Å². The van der Waals surface area contributed by atoms with Crippen molar-refractivity contribution in [1.29, 1.82) is 0 Å². The Labute approximate surface area is 345 Å². The summed E-state index contributed by atoms with van der Waals surface area (Å²) in [5.74, 6) is -2.18. The van der Waals surface area contributed by atoms with Gasteiger partial charge in [-0.3, -0.25) is 29.4 Å². The molecule has 3 N–H and O–H groups in total. The molecule has 0 radical (unpaired) electrons. The Balaban J connectivity index is 0.981. The van der Waals surface area contributed by atoms with E-state index in [0.717, 1.165) is 4.90 Å². The second kappa shape index (κ2) is 33.5. The maximum absolute atomic E-state index is 13.2. The fraction of sp³-hybridized carbons (Fsp3) is 0.744. The molecular formula is C39H63N3O17. The summed E-state index contributed by atoms with van der Waals surface area (Å²) in [4.78, 5) is 50.9. The van der Waals surface area contributed by atoms with E-state index in [1.807, 2.05) is 0 Å². The summed E-state index contributed by atoms with van der Waals surface area (Å²) >= 11 is 0. The van der Waals surface area contributed by atoms with E-state index in [4.69, 9.17) is 61.9 Å². The van der Waals surface area contributed by atoms with Gasteiger partial charge < -0.3 is 67.3 Å². The van der Waals surface area contributed by atoms with E-state index in [0.29, 0.717) is 171 Å². The van der Waals surface area contributed by atoms with Crippen LogP contribution in [-0.4, -0.2) is 211 Å². The van der Waals surface area contributed by atoms with E-state index in [-0.39, 0.29) is 30.6 Å². The van der Waals surface area contributed by atoms with E-state index < -0.39 is 29.7 Å². The third-order valence-corrected chi connectivity index (χ3v) is 8.36. The number of hydrogen-bond acceptors (Lipinski definition) is 18. The van der Waals surface area contributed by atoms with Gasteiger partial charge in [0.1, 0.15) is 6.04 Å². The van der Waals surface area contributed by atoms with Crippen LogP contribution in [-0.2, 0) is 66.4 Å². The molecule has 2 aliphatic rings. The number of piperidine rings is 1. The molecule has 1 atom stereocenters. The zero-order valence-corrected chi connectivity index (χ0v) is 34.0. The van der Waals surface area contributed by atoms with Crippen LogP contribution in [0.4, 0.5) is 5.69 Å². The van der Waals surface area contributed by atoms with E-state index in [2.05, 4.69) is 10.6 Å². The molecule has 20 nitrogen and oxygen atoms in total. The number of nitrogens with zero attached hydrogens (tertiary/aromatic N) is 1. The second-order valence-electron chi connectivity index (χ2n) is 12.7. The molecular weight excluding hydrogens is 782 g/mol. The van der Waals surface area contributed by atoms with Crippen LogP contribution in [0.15, 0.2) is 18.2 Å². The normalized spacial score (nSPS) is 15.3. The van der Waals surface area contributed by atoms with Crippen LogP contribution < -0.4 is 10.6 Å². The predicted octanol–water partition coefficient (Wildman–Crippen LogP) is -0.309. The molecule has 0 bridgehead atoms. The highest BCUT2D eigenvalue weighted by Crippen LogP contribution is 2.32. The van der Waals surface area contributed by atoms with E-state index in [9.17, 15) is 19.2 Å². The Hall–Kier alpha value is -3.22. The lowest BCUT2D eigenvalue weighted by Crippen LogP contribution is -2.54. The monoisotopic (exact) mass is 845 g/mol. The molecule has 0 spiro atoms. The number of carbonyl (C=O) groups is 4. The number of anilines is 1. The van der Waals surface area contributed by atoms with Crippen molar-refractivity contribution in [2.75, 3.05) is 177 Å².